The van der Waals surface area contributed by atoms with Gasteiger partial charge in [-0.1, -0.05) is 12.1 Å². The van der Waals surface area contributed by atoms with Gasteiger partial charge in [-0.05, 0) is 43.2 Å². The molecule has 1 aliphatic rings. The minimum atomic E-state index is 0.275. The lowest BCUT2D eigenvalue weighted by Crippen LogP contribution is -2.19. The van der Waals surface area contributed by atoms with E-state index in [1.54, 1.807) is 12.1 Å². The van der Waals surface area contributed by atoms with E-state index < -0.39 is 0 Å². The fraction of sp³-hybridized carbons (Fsp3) is 0.294. The van der Waals surface area contributed by atoms with E-state index in [1.807, 2.05) is 30.3 Å². The molecule has 2 aromatic carbocycles. The second kappa shape index (κ2) is 5.95. The maximum atomic E-state index is 9.30. The highest BCUT2D eigenvalue weighted by Crippen LogP contribution is 2.32. The molecule has 4 heteroatoms. The predicted octanol–water partition coefficient (Wildman–Crippen LogP) is 3.21. The maximum Gasteiger partial charge on any atom is 0.163 e. The van der Waals surface area contributed by atoms with Gasteiger partial charge in [0.2, 0.25) is 0 Å². The molecule has 0 fully saturated rings. The summed E-state index contributed by atoms with van der Waals surface area (Å²) in [6.45, 7) is 3.33. The van der Waals surface area contributed by atoms with Crippen LogP contribution in [-0.2, 0) is 6.42 Å². The zero-order valence-corrected chi connectivity index (χ0v) is 12.0. The molecule has 0 saturated carbocycles. The molecular weight excluding hydrogens is 266 g/mol. The Morgan fingerprint density at radius 1 is 1.05 bits per heavy atom. The number of nitrogens with one attached hydrogen (secondary N) is 1. The van der Waals surface area contributed by atoms with E-state index in [-0.39, 0.29) is 6.04 Å². The number of hydrogen-bond donors (Lipinski definition) is 2. The topological polar surface area (TPSA) is 50.7 Å². The van der Waals surface area contributed by atoms with E-state index in [9.17, 15) is 5.11 Å². The number of benzene rings is 2. The standard InChI is InChI=1S/C17H19NO3/c1-12(10-13-2-5-15(19)6-3-13)18-14-4-7-16-17(11-14)21-9-8-20-16/h2-7,11-12,18-19H,8-10H2,1H3. The minimum Gasteiger partial charge on any atom is -0.508 e. The van der Waals surface area contributed by atoms with E-state index in [1.165, 1.54) is 5.56 Å². The number of anilines is 1. The van der Waals surface area contributed by atoms with Crippen molar-refractivity contribution in [2.75, 3.05) is 18.5 Å². The molecule has 0 amide bonds. The van der Waals surface area contributed by atoms with Crippen molar-refractivity contribution in [3.63, 3.8) is 0 Å². The summed E-state index contributed by atoms with van der Waals surface area (Å²) in [5.41, 5.74) is 2.20. The first kappa shape index (κ1) is 13.6. The van der Waals surface area contributed by atoms with Gasteiger partial charge in [0.15, 0.2) is 11.5 Å². The first-order valence-electron chi connectivity index (χ1n) is 7.15. The van der Waals surface area contributed by atoms with Gasteiger partial charge in [0.25, 0.3) is 0 Å². The molecule has 0 aromatic heterocycles. The minimum absolute atomic E-state index is 0.275. The average Bonchev–Trinajstić information content (AvgIpc) is 2.49. The smallest absolute Gasteiger partial charge is 0.163 e. The number of aromatic hydroxyl groups is 1. The van der Waals surface area contributed by atoms with Gasteiger partial charge in [-0.25, -0.2) is 0 Å². The van der Waals surface area contributed by atoms with Crippen LogP contribution in [0.3, 0.4) is 0 Å². The SMILES string of the molecule is CC(Cc1ccc(O)cc1)Nc1ccc2c(c1)OCCO2. The Morgan fingerprint density at radius 3 is 2.52 bits per heavy atom. The summed E-state index contributed by atoms with van der Waals surface area (Å²) in [4.78, 5) is 0. The van der Waals surface area contributed by atoms with Crippen LogP contribution >= 0.6 is 0 Å². The quantitative estimate of drug-likeness (QED) is 0.905. The van der Waals surface area contributed by atoms with Crippen LogP contribution in [0, 0.1) is 0 Å². The monoisotopic (exact) mass is 285 g/mol. The molecule has 21 heavy (non-hydrogen) atoms. The highest BCUT2D eigenvalue weighted by molar-refractivity contribution is 5.55. The van der Waals surface area contributed by atoms with Crippen LogP contribution in [0.25, 0.3) is 0 Å². The van der Waals surface area contributed by atoms with Crippen molar-refractivity contribution in [2.45, 2.75) is 19.4 Å². The van der Waals surface area contributed by atoms with Gasteiger partial charge in [0.05, 0.1) is 0 Å². The van der Waals surface area contributed by atoms with Gasteiger partial charge in [-0.15, -0.1) is 0 Å². The first-order chi connectivity index (χ1) is 10.2. The summed E-state index contributed by atoms with van der Waals surface area (Å²) >= 11 is 0. The molecule has 0 spiro atoms. The van der Waals surface area contributed by atoms with Gasteiger partial charge < -0.3 is 19.9 Å². The zero-order chi connectivity index (χ0) is 14.7. The third-order valence-electron chi connectivity index (χ3n) is 3.43. The third-order valence-corrected chi connectivity index (χ3v) is 3.43. The molecule has 0 radical (unpaired) electrons. The number of phenols is 1. The summed E-state index contributed by atoms with van der Waals surface area (Å²) < 4.78 is 11.1. The van der Waals surface area contributed by atoms with Crippen LogP contribution < -0.4 is 14.8 Å². The van der Waals surface area contributed by atoms with Crippen molar-refractivity contribution in [2.24, 2.45) is 0 Å². The van der Waals surface area contributed by atoms with Crippen molar-refractivity contribution in [3.8, 4) is 17.2 Å². The van der Waals surface area contributed by atoms with Crippen molar-refractivity contribution >= 4 is 5.69 Å². The molecule has 1 aliphatic heterocycles. The molecule has 1 heterocycles. The lowest BCUT2D eigenvalue weighted by atomic mass is 10.1. The molecule has 0 aliphatic carbocycles. The Kier molecular flexibility index (Phi) is 3.86. The molecule has 3 rings (SSSR count). The first-order valence-corrected chi connectivity index (χ1v) is 7.15. The molecule has 110 valence electrons. The van der Waals surface area contributed by atoms with Crippen LogP contribution in [0.2, 0.25) is 0 Å². The van der Waals surface area contributed by atoms with Crippen LogP contribution in [0.15, 0.2) is 42.5 Å². The molecule has 1 unspecified atom stereocenters. The highest BCUT2D eigenvalue weighted by atomic mass is 16.6. The van der Waals surface area contributed by atoms with Gasteiger partial charge >= 0.3 is 0 Å². The Labute approximate surface area is 124 Å². The number of phenolic OH excluding ortho intramolecular Hbond substituents is 1. The summed E-state index contributed by atoms with van der Waals surface area (Å²) in [7, 11) is 0. The molecule has 0 bridgehead atoms. The Balaban J connectivity index is 1.64. The largest absolute Gasteiger partial charge is 0.508 e. The summed E-state index contributed by atoms with van der Waals surface area (Å²) in [5, 5.41) is 12.8. The Bertz CT molecular complexity index is 610. The second-order valence-electron chi connectivity index (χ2n) is 5.27. The number of hydrogen-bond acceptors (Lipinski definition) is 4. The van der Waals surface area contributed by atoms with Crippen molar-refractivity contribution in [1.29, 1.82) is 0 Å². The van der Waals surface area contributed by atoms with E-state index >= 15 is 0 Å². The van der Waals surface area contributed by atoms with Crippen LogP contribution in [0.5, 0.6) is 17.2 Å². The molecule has 1 atom stereocenters. The predicted molar refractivity (Wildman–Crippen MR) is 82.3 cm³/mol. The number of rotatable bonds is 4. The molecule has 0 saturated heterocycles. The highest BCUT2D eigenvalue weighted by Gasteiger charge is 2.12. The maximum absolute atomic E-state index is 9.30. The van der Waals surface area contributed by atoms with Crippen molar-refractivity contribution < 1.29 is 14.6 Å². The van der Waals surface area contributed by atoms with Crippen molar-refractivity contribution in [3.05, 3.63) is 48.0 Å². The molecule has 2 aromatic rings. The van der Waals surface area contributed by atoms with Crippen LogP contribution in [-0.4, -0.2) is 24.4 Å². The molecular formula is C17H19NO3. The van der Waals surface area contributed by atoms with Crippen molar-refractivity contribution in [1.82, 2.24) is 0 Å². The number of fused-ring (bicyclic) bond motifs is 1. The van der Waals surface area contributed by atoms with E-state index in [4.69, 9.17) is 9.47 Å². The fourth-order valence-corrected chi connectivity index (χ4v) is 2.45. The van der Waals surface area contributed by atoms with Gasteiger partial charge in [0.1, 0.15) is 19.0 Å². The second-order valence-corrected chi connectivity index (χ2v) is 5.27. The molecule has 4 nitrogen and oxygen atoms in total. The van der Waals surface area contributed by atoms with Crippen LogP contribution in [0.1, 0.15) is 12.5 Å². The summed E-state index contributed by atoms with van der Waals surface area (Å²) in [6.07, 6.45) is 0.884. The third kappa shape index (κ3) is 3.40. The van der Waals surface area contributed by atoms with E-state index in [0.29, 0.717) is 19.0 Å². The lowest BCUT2D eigenvalue weighted by molar-refractivity contribution is 0.171. The summed E-state index contributed by atoms with van der Waals surface area (Å²) in [5.74, 6) is 1.90. The van der Waals surface area contributed by atoms with E-state index in [0.717, 1.165) is 23.6 Å². The average molecular weight is 285 g/mol. The van der Waals surface area contributed by atoms with Crippen LogP contribution in [0.4, 0.5) is 5.69 Å². The number of ether oxygens (including phenoxy) is 2. The summed E-state index contributed by atoms with van der Waals surface area (Å²) in [6, 6.07) is 13.5. The Hall–Kier alpha value is -2.36. The van der Waals surface area contributed by atoms with Gasteiger partial charge in [-0.3, -0.25) is 0 Å². The molecule has 2 N–H and O–H groups in total. The van der Waals surface area contributed by atoms with Gasteiger partial charge in [0, 0.05) is 17.8 Å². The zero-order valence-electron chi connectivity index (χ0n) is 12.0. The van der Waals surface area contributed by atoms with Gasteiger partial charge in [-0.2, -0.15) is 0 Å². The normalized spacial score (nSPS) is 14.5. The fourth-order valence-electron chi connectivity index (χ4n) is 2.45. The lowest BCUT2D eigenvalue weighted by Gasteiger charge is -2.21. The Morgan fingerprint density at radius 2 is 1.76 bits per heavy atom. The van der Waals surface area contributed by atoms with E-state index in [2.05, 4.69) is 12.2 Å².